The predicted octanol–water partition coefficient (Wildman–Crippen LogP) is 4.26. The number of carbonyl (C=O) groups excluding carboxylic acids is 1. The number of benzene rings is 1. The second-order valence-corrected chi connectivity index (χ2v) is 8.13. The molecule has 144 valence electrons. The smallest absolute Gasteiger partial charge is 0.348 e. The van der Waals surface area contributed by atoms with Crippen LogP contribution >= 0.6 is 34.7 Å². The summed E-state index contributed by atoms with van der Waals surface area (Å²) in [6.45, 7) is 3.92. The van der Waals surface area contributed by atoms with Crippen molar-refractivity contribution in [3.63, 3.8) is 0 Å². The predicted molar refractivity (Wildman–Crippen MR) is 111 cm³/mol. The van der Waals surface area contributed by atoms with Crippen molar-refractivity contribution in [3.05, 3.63) is 55.6 Å². The standard InChI is InChI=1S/C19H16ClN3O3S2/c1-3-26-18(25)15-11(2)14-16(28-15)22-19(27-9-8-21)23(17(14)24)10-12-6-4-5-7-13(12)20/h4-7H,3,9-10H2,1-2H3. The highest BCUT2D eigenvalue weighted by Crippen LogP contribution is 2.30. The van der Waals surface area contributed by atoms with E-state index in [-0.39, 0.29) is 24.5 Å². The number of ether oxygens (including phenoxy) is 1. The summed E-state index contributed by atoms with van der Waals surface area (Å²) in [5, 5.41) is 10.3. The molecule has 28 heavy (non-hydrogen) atoms. The summed E-state index contributed by atoms with van der Waals surface area (Å²) < 4.78 is 6.58. The average molecular weight is 434 g/mol. The third-order valence-corrected chi connectivity index (χ3v) is 6.41. The molecular formula is C19H16ClN3O3S2. The molecule has 0 N–H and O–H groups in total. The Morgan fingerprint density at radius 2 is 2.18 bits per heavy atom. The van der Waals surface area contributed by atoms with E-state index in [9.17, 15) is 9.59 Å². The van der Waals surface area contributed by atoms with Crippen LogP contribution in [0.25, 0.3) is 10.2 Å². The third-order valence-electron chi connectivity index (χ3n) is 4.03. The van der Waals surface area contributed by atoms with Gasteiger partial charge in [-0.15, -0.1) is 11.3 Å². The van der Waals surface area contributed by atoms with Crippen molar-refractivity contribution < 1.29 is 9.53 Å². The number of thioether (sulfide) groups is 1. The lowest BCUT2D eigenvalue weighted by atomic mass is 10.2. The fraction of sp³-hybridized carbons (Fsp3) is 0.263. The maximum Gasteiger partial charge on any atom is 0.348 e. The van der Waals surface area contributed by atoms with Gasteiger partial charge in [-0.3, -0.25) is 9.36 Å². The minimum absolute atomic E-state index is 0.148. The summed E-state index contributed by atoms with van der Waals surface area (Å²) in [7, 11) is 0. The van der Waals surface area contributed by atoms with Gasteiger partial charge in [0, 0.05) is 5.02 Å². The van der Waals surface area contributed by atoms with Gasteiger partial charge >= 0.3 is 5.97 Å². The first-order valence-electron chi connectivity index (χ1n) is 8.42. The first-order chi connectivity index (χ1) is 13.5. The lowest BCUT2D eigenvalue weighted by Gasteiger charge is -2.12. The number of hydrogen-bond acceptors (Lipinski definition) is 7. The summed E-state index contributed by atoms with van der Waals surface area (Å²) in [6.07, 6.45) is 0. The molecule has 0 saturated heterocycles. The Morgan fingerprint density at radius 1 is 1.43 bits per heavy atom. The Bertz CT molecular complexity index is 1150. The lowest BCUT2D eigenvalue weighted by Crippen LogP contribution is -2.24. The van der Waals surface area contributed by atoms with Crippen molar-refractivity contribution in [1.29, 1.82) is 5.26 Å². The van der Waals surface area contributed by atoms with Gasteiger partial charge in [0.2, 0.25) is 0 Å². The van der Waals surface area contributed by atoms with Crippen LogP contribution in [0, 0.1) is 18.3 Å². The number of halogens is 1. The topological polar surface area (TPSA) is 85.0 Å². The number of nitriles is 1. The molecule has 0 radical (unpaired) electrons. The van der Waals surface area contributed by atoms with Crippen molar-refractivity contribution in [1.82, 2.24) is 9.55 Å². The highest BCUT2D eigenvalue weighted by Gasteiger charge is 2.22. The van der Waals surface area contributed by atoms with Crippen molar-refractivity contribution in [3.8, 4) is 6.07 Å². The molecule has 0 spiro atoms. The molecule has 0 saturated carbocycles. The summed E-state index contributed by atoms with van der Waals surface area (Å²) in [6, 6.07) is 9.30. The molecule has 3 aromatic rings. The molecule has 3 rings (SSSR count). The first-order valence-corrected chi connectivity index (χ1v) is 10.6. The molecule has 6 nitrogen and oxygen atoms in total. The van der Waals surface area contributed by atoms with E-state index in [0.29, 0.717) is 30.8 Å². The van der Waals surface area contributed by atoms with Crippen molar-refractivity contribution in [2.45, 2.75) is 25.5 Å². The average Bonchev–Trinajstić information content (AvgIpc) is 3.01. The van der Waals surface area contributed by atoms with Crippen LogP contribution in [0.5, 0.6) is 0 Å². The lowest BCUT2D eigenvalue weighted by molar-refractivity contribution is 0.0531. The molecule has 0 aliphatic heterocycles. The molecule has 0 aliphatic rings. The van der Waals surface area contributed by atoms with Crippen LogP contribution in [-0.4, -0.2) is 27.9 Å². The number of fused-ring (bicyclic) bond motifs is 1. The van der Waals surface area contributed by atoms with Crippen molar-refractivity contribution in [2.75, 3.05) is 12.4 Å². The van der Waals surface area contributed by atoms with Crippen LogP contribution < -0.4 is 5.56 Å². The van der Waals surface area contributed by atoms with Gasteiger partial charge < -0.3 is 4.74 Å². The number of esters is 1. The van der Waals surface area contributed by atoms with E-state index in [1.165, 1.54) is 16.3 Å². The molecular weight excluding hydrogens is 418 g/mol. The minimum Gasteiger partial charge on any atom is -0.462 e. The Kier molecular flexibility index (Phi) is 6.39. The van der Waals surface area contributed by atoms with Gasteiger partial charge in [0.05, 0.1) is 30.4 Å². The highest BCUT2D eigenvalue weighted by molar-refractivity contribution is 7.99. The van der Waals surface area contributed by atoms with E-state index in [1.807, 2.05) is 24.3 Å². The normalized spacial score (nSPS) is 10.8. The number of aryl methyl sites for hydroxylation is 1. The molecule has 0 fully saturated rings. The van der Waals surface area contributed by atoms with E-state index in [2.05, 4.69) is 4.98 Å². The van der Waals surface area contributed by atoms with Gasteiger partial charge in [-0.2, -0.15) is 5.26 Å². The van der Waals surface area contributed by atoms with Crippen LogP contribution in [0.2, 0.25) is 5.02 Å². The zero-order chi connectivity index (χ0) is 20.3. The van der Waals surface area contributed by atoms with Gasteiger partial charge in [-0.25, -0.2) is 9.78 Å². The maximum absolute atomic E-state index is 13.3. The fourth-order valence-electron chi connectivity index (χ4n) is 2.73. The first kappa shape index (κ1) is 20.4. The molecule has 9 heteroatoms. The van der Waals surface area contributed by atoms with Gasteiger partial charge in [0.1, 0.15) is 9.71 Å². The number of nitrogens with zero attached hydrogens (tertiary/aromatic N) is 3. The summed E-state index contributed by atoms with van der Waals surface area (Å²) in [4.78, 5) is 30.9. The van der Waals surface area contributed by atoms with E-state index in [4.69, 9.17) is 21.6 Å². The quantitative estimate of drug-likeness (QED) is 0.328. The monoisotopic (exact) mass is 433 g/mol. The van der Waals surface area contributed by atoms with Gasteiger partial charge in [-0.05, 0) is 31.0 Å². The molecule has 0 amide bonds. The number of thiophene rings is 1. The van der Waals surface area contributed by atoms with Gasteiger partial charge in [0.25, 0.3) is 5.56 Å². The van der Waals surface area contributed by atoms with Gasteiger partial charge in [-0.1, -0.05) is 41.6 Å². The molecule has 0 unspecified atom stereocenters. The number of rotatable bonds is 6. The van der Waals surface area contributed by atoms with E-state index in [0.717, 1.165) is 16.9 Å². The SMILES string of the molecule is CCOC(=O)c1sc2nc(SCC#N)n(Cc3ccccc3Cl)c(=O)c2c1C. The van der Waals surface area contributed by atoms with Crippen molar-refractivity contribution >= 4 is 50.9 Å². The fourth-order valence-corrected chi connectivity index (χ4v) is 4.70. The molecule has 2 aromatic heterocycles. The summed E-state index contributed by atoms with van der Waals surface area (Å²) in [5.41, 5.74) is 1.06. The molecule has 0 bridgehead atoms. The summed E-state index contributed by atoms with van der Waals surface area (Å²) in [5.74, 6) is -0.318. The Hall–Kier alpha value is -2.34. The number of hydrogen-bond donors (Lipinski definition) is 0. The number of carbonyl (C=O) groups is 1. The molecule has 0 aliphatic carbocycles. The second-order valence-electron chi connectivity index (χ2n) is 5.78. The molecule has 2 heterocycles. The molecule has 1 aromatic carbocycles. The van der Waals surface area contributed by atoms with E-state index in [1.54, 1.807) is 19.9 Å². The Labute approximate surface area is 174 Å². The maximum atomic E-state index is 13.3. The van der Waals surface area contributed by atoms with E-state index >= 15 is 0 Å². The van der Waals surface area contributed by atoms with Gasteiger partial charge in [0.15, 0.2) is 5.16 Å². The molecule has 0 atom stereocenters. The van der Waals surface area contributed by atoms with Crippen LogP contribution in [0.4, 0.5) is 0 Å². The van der Waals surface area contributed by atoms with Crippen molar-refractivity contribution in [2.24, 2.45) is 0 Å². The zero-order valence-corrected chi connectivity index (χ0v) is 17.6. The highest BCUT2D eigenvalue weighted by atomic mass is 35.5. The van der Waals surface area contributed by atoms with Crippen LogP contribution in [-0.2, 0) is 11.3 Å². The third kappa shape index (κ3) is 3.92. The minimum atomic E-state index is -0.466. The Balaban J connectivity index is 2.20. The van der Waals surface area contributed by atoms with Crippen LogP contribution in [0.1, 0.15) is 27.7 Å². The second kappa shape index (κ2) is 8.78. The number of aromatic nitrogens is 2. The van der Waals surface area contributed by atoms with E-state index < -0.39 is 5.97 Å². The zero-order valence-electron chi connectivity index (χ0n) is 15.2. The Morgan fingerprint density at radius 3 is 2.86 bits per heavy atom. The van der Waals surface area contributed by atoms with Crippen LogP contribution in [0.15, 0.2) is 34.2 Å². The largest absolute Gasteiger partial charge is 0.462 e. The van der Waals surface area contributed by atoms with Crippen LogP contribution in [0.3, 0.4) is 0 Å². The summed E-state index contributed by atoms with van der Waals surface area (Å²) >= 11 is 8.56.